The molecule has 4 rings (SSSR count). The lowest BCUT2D eigenvalue weighted by atomic mass is 9.46. The lowest BCUT2D eigenvalue weighted by molar-refractivity contribution is -0.201. The van der Waals surface area contributed by atoms with Crippen LogP contribution >= 0.6 is 0 Å². The number of esters is 1. The van der Waals surface area contributed by atoms with Gasteiger partial charge < -0.3 is 14.9 Å². The van der Waals surface area contributed by atoms with E-state index in [1.165, 1.54) is 12.2 Å². The summed E-state index contributed by atoms with van der Waals surface area (Å²) in [6, 6.07) is 0. The summed E-state index contributed by atoms with van der Waals surface area (Å²) in [5.74, 6) is -2.00. The van der Waals surface area contributed by atoms with Gasteiger partial charge in [-0.3, -0.25) is 14.4 Å². The van der Waals surface area contributed by atoms with Gasteiger partial charge in [-0.15, -0.1) is 0 Å². The van der Waals surface area contributed by atoms with Gasteiger partial charge in [-0.2, -0.15) is 0 Å². The Bertz CT molecular complexity index is 910. The minimum Gasteiger partial charge on any atom is -0.450 e. The first-order valence-corrected chi connectivity index (χ1v) is 12.2. The summed E-state index contributed by atoms with van der Waals surface area (Å²) in [5, 5.41) is 21.3. The van der Waals surface area contributed by atoms with E-state index in [0.29, 0.717) is 18.4 Å². The van der Waals surface area contributed by atoms with Crippen molar-refractivity contribution in [1.29, 1.82) is 0 Å². The standard InChI is InChI=1S/C26H35FO6/c1-4-5-6-22(32)33-26(21(31)14-28)10-8-17-16-12-19(27)18-11-15(29)7-9-24(18,2)23(16)20(30)13-25(17,26)3/h7,9,11,16-17,19-20,23,28,30H,4-6,8,10,12-14H2,1-3H3/t16-,17-,19-,20?,23+,24-,25-,26-/m0/s1. The van der Waals surface area contributed by atoms with E-state index in [0.717, 1.165) is 6.42 Å². The number of Topliss-reactive ketones (excluding diaryl/α,β-unsaturated/α-hetero) is 1. The molecule has 182 valence electrons. The number of halogens is 1. The molecule has 0 amide bonds. The summed E-state index contributed by atoms with van der Waals surface area (Å²) >= 11 is 0. The van der Waals surface area contributed by atoms with E-state index in [1.54, 1.807) is 6.08 Å². The van der Waals surface area contributed by atoms with Crippen LogP contribution in [0.2, 0.25) is 0 Å². The molecular weight excluding hydrogens is 427 g/mol. The molecule has 33 heavy (non-hydrogen) atoms. The van der Waals surface area contributed by atoms with Crippen LogP contribution in [0.15, 0.2) is 23.8 Å². The molecule has 0 heterocycles. The zero-order chi connectivity index (χ0) is 24.2. The molecule has 6 nitrogen and oxygen atoms in total. The fourth-order valence-electron chi connectivity index (χ4n) is 7.70. The van der Waals surface area contributed by atoms with Crippen LogP contribution in [0.4, 0.5) is 4.39 Å². The van der Waals surface area contributed by atoms with Crippen molar-refractivity contribution < 1.29 is 33.7 Å². The van der Waals surface area contributed by atoms with Gasteiger partial charge in [0.1, 0.15) is 12.8 Å². The average molecular weight is 463 g/mol. The summed E-state index contributed by atoms with van der Waals surface area (Å²) in [6.45, 7) is 4.93. The normalized spacial score (nSPS) is 43.9. The van der Waals surface area contributed by atoms with Gasteiger partial charge in [0.05, 0.1) is 6.10 Å². The molecule has 3 fully saturated rings. The van der Waals surface area contributed by atoms with Crippen molar-refractivity contribution in [1.82, 2.24) is 0 Å². The largest absolute Gasteiger partial charge is 0.450 e. The van der Waals surface area contributed by atoms with Crippen LogP contribution in [0.3, 0.4) is 0 Å². The fourth-order valence-corrected chi connectivity index (χ4v) is 7.70. The number of rotatable bonds is 6. The maximum atomic E-state index is 15.5. The monoisotopic (exact) mass is 462 g/mol. The van der Waals surface area contributed by atoms with Crippen LogP contribution in [0.5, 0.6) is 0 Å². The maximum absolute atomic E-state index is 15.5. The number of ketones is 2. The van der Waals surface area contributed by atoms with Crippen LogP contribution in [-0.4, -0.2) is 52.2 Å². The first-order valence-electron chi connectivity index (χ1n) is 12.2. The van der Waals surface area contributed by atoms with E-state index in [4.69, 9.17) is 4.74 Å². The Morgan fingerprint density at radius 1 is 1.30 bits per heavy atom. The number of ether oxygens (including phenoxy) is 1. The number of unbranched alkanes of at least 4 members (excludes halogenated alkanes) is 1. The lowest BCUT2D eigenvalue weighted by Gasteiger charge is -2.60. The number of hydrogen-bond donors (Lipinski definition) is 2. The summed E-state index contributed by atoms with van der Waals surface area (Å²) in [4.78, 5) is 37.7. The molecule has 0 spiro atoms. The minimum atomic E-state index is -1.52. The fraction of sp³-hybridized carbons (Fsp3) is 0.731. The van der Waals surface area contributed by atoms with Gasteiger partial charge in [0.25, 0.3) is 0 Å². The zero-order valence-corrected chi connectivity index (χ0v) is 19.7. The van der Waals surface area contributed by atoms with Crippen LogP contribution < -0.4 is 0 Å². The summed E-state index contributed by atoms with van der Waals surface area (Å²) < 4.78 is 21.4. The second-order valence-corrected chi connectivity index (χ2v) is 10.8. The highest BCUT2D eigenvalue weighted by Gasteiger charge is 2.70. The maximum Gasteiger partial charge on any atom is 0.306 e. The smallest absolute Gasteiger partial charge is 0.306 e. The van der Waals surface area contributed by atoms with Crippen molar-refractivity contribution in [2.24, 2.45) is 28.6 Å². The first-order chi connectivity index (χ1) is 15.5. The first kappa shape index (κ1) is 24.3. The zero-order valence-electron chi connectivity index (χ0n) is 19.7. The molecule has 0 radical (unpaired) electrons. The number of aliphatic hydroxyl groups excluding tert-OH is 2. The second kappa shape index (κ2) is 8.42. The number of fused-ring (bicyclic) bond motifs is 5. The molecule has 0 aliphatic heterocycles. The van der Waals surface area contributed by atoms with Crippen molar-refractivity contribution in [3.8, 4) is 0 Å². The number of carbonyl (C=O) groups is 3. The van der Waals surface area contributed by atoms with E-state index >= 15 is 4.39 Å². The molecule has 2 N–H and O–H groups in total. The molecule has 0 aromatic rings. The van der Waals surface area contributed by atoms with Crippen molar-refractivity contribution >= 4 is 17.5 Å². The van der Waals surface area contributed by atoms with E-state index in [1.807, 2.05) is 20.8 Å². The topological polar surface area (TPSA) is 101 Å². The average Bonchev–Trinajstić information content (AvgIpc) is 3.05. The molecule has 4 aliphatic rings. The Balaban J connectivity index is 1.74. The van der Waals surface area contributed by atoms with Crippen molar-refractivity contribution in [2.75, 3.05) is 6.61 Å². The van der Waals surface area contributed by atoms with Gasteiger partial charge in [0.2, 0.25) is 5.78 Å². The van der Waals surface area contributed by atoms with Crippen LogP contribution in [0.25, 0.3) is 0 Å². The van der Waals surface area contributed by atoms with Gasteiger partial charge in [0.15, 0.2) is 11.4 Å². The van der Waals surface area contributed by atoms with Crippen molar-refractivity contribution in [3.05, 3.63) is 23.8 Å². The molecular formula is C26H35FO6. The van der Waals surface area contributed by atoms with Gasteiger partial charge in [-0.1, -0.05) is 33.3 Å². The Labute approximate surface area is 194 Å². The van der Waals surface area contributed by atoms with E-state index in [9.17, 15) is 24.6 Å². The van der Waals surface area contributed by atoms with Gasteiger partial charge in [-0.05, 0) is 61.7 Å². The van der Waals surface area contributed by atoms with E-state index in [2.05, 4.69) is 0 Å². The Hall–Kier alpha value is -1.86. The van der Waals surface area contributed by atoms with Crippen molar-refractivity contribution in [2.45, 2.75) is 83.6 Å². The second-order valence-electron chi connectivity index (χ2n) is 10.8. The Kier molecular flexibility index (Phi) is 6.19. The van der Waals surface area contributed by atoms with Gasteiger partial charge >= 0.3 is 5.97 Å². The molecule has 1 unspecified atom stereocenters. The third-order valence-corrected chi connectivity index (χ3v) is 9.21. The summed E-state index contributed by atoms with van der Waals surface area (Å²) in [7, 11) is 0. The third kappa shape index (κ3) is 3.45. The highest BCUT2D eigenvalue weighted by molar-refractivity contribution is 6.01. The van der Waals surface area contributed by atoms with E-state index < -0.39 is 47.1 Å². The Morgan fingerprint density at radius 3 is 2.70 bits per heavy atom. The van der Waals surface area contributed by atoms with Crippen LogP contribution in [-0.2, 0) is 19.1 Å². The SMILES string of the molecule is CCCCC(=O)O[C@]1(C(=O)CO)CC[C@H]2[C@@H]3C[C@H](F)C4=CC(=O)C=C[C@]4(C)[C@H]3C(O)C[C@@]21C. The number of hydrogen-bond acceptors (Lipinski definition) is 6. The summed E-state index contributed by atoms with van der Waals surface area (Å²) in [5.41, 5.74) is -2.81. The molecule has 3 saturated carbocycles. The quantitative estimate of drug-likeness (QED) is 0.588. The molecule has 0 bridgehead atoms. The Morgan fingerprint density at radius 2 is 2.03 bits per heavy atom. The lowest BCUT2D eigenvalue weighted by Crippen LogP contribution is -2.63. The molecule has 7 heteroatoms. The van der Waals surface area contributed by atoms with Gasteiger partial charge in [-0.25, -0.2) is 4.39 Å². The minimum absolute atomic E-state index is 0.150. The molecule has 4 aliphatic carbocycles. The van der Waals surface area contributed by atoms with Crippen LogP contribution in [0.1, 0.15) is 65.7 Å². The molecule has 0 aromatic heterocycles. The van der Waals surface area contributed by atoms with E-state index in [-0.39, 0.29) is 49.2 Å². The number of carbonyl (C=O) groups excluding carboxylic acids is 3. The summed E-state index contributed by atoms with van der Waals surface area (Å²) in [6.07, 6.45) is 5.12. The molecule has 0 aromatic carbocycles. The van der Waals surface area contributed by atoms with Gasteiger partial charge in [0, 0.05) is 23.2 Å². The predicted octanol–water partition coefficient (Wildman–Crippen LogP) is 3.25. The third-order valence-electron chi connectivity index (χ3n) is 9.21. The highest BCUT2D eigenvalue weighted by atomic mass is 19.1. The van der Waals surface area contributed by atoms with Crippen molar-refractivity contribution in [3.63, 3.8) is 0 Å². The van der Waals surface area contributed by atoms with Crippen LogP contribution in [0, 0.1) is 28.6 Å². The predicted molar refractivity (Wildman–Crippen MR) is 119 cm³/mol. The molecule has 8 atom stereocenters. The number of aliphatic hydroxyl groups is 2. The highest BCUT2D eigenvalue weighted by Crippen LogP contribution is 2.68. The number of allylic oxidation sites excluding steroid dienone is 4. The molecule has 0 saturated heterocycles. The number of alkyl halides is 1.